The van der Waals surface area contributed by atoms with Crippen molar-refractivity contribution in [3.05, 3.63) is 76.3 Å². The number of rotatable bonds is 11. The normalized spacial score (nSPS) is 16.6. The molecule has 1 saturated heterocycles. The molecule has 0 spiro atoms. The predicted molar refractivity (Wildman–Crippen MR) is 153 cm³/mol. The Morgan fingerprint density at radius 1 is 1.14 bits per heavy atom. The van der Waals surface area contributed by atoms with Crippen LogP contribution in [0.25, 0.3) is 10.6 Å². The number of nitrogens with zero attached hydrogens (tertiary/aromatic N) is 3. The molecule has 4 nitrogen and oxygen atoms in total. The van der Waals surface area contributed by atoms with E-state index in [1.807, 2.05) is 29.7 Å². The molecule has 1 atom stereocenters. The molecule has 1 unspecified atom stereocenters. The zero-order valence-corrected chi connectivity index (χ0v) is 23.4. The van der Waals surface area contributed by atoms with Gasteiger partial charge < -0.3 is 4.90 Å². The number of carbonyl (C=O) groups is 1. The van der Waals surface area contributed by atoms with E-state index in [1.165, 1.54) is 15.3 Å². The van der Waals surface area contributed by atoms with Gasteiger partial charge in [0.15, 0.2) is 5.78 Å². The van der Waals surface area contributed by atoms with Crippen LogP contribution in [0.2, 0.25) is 0 Å². The van der Waals surface area contributed by atoms with E-state index in [1.54, 1.807) is 18.7 Å². The Bertz CT molecular complexity index is 1050. The summed E-state index contributed by atoms with van der Waals surface area (Å²) in [4.78, 5) is 25.5. The fourth-order valence-corrected chi connectivity index (χ4v) is 5.93. The molecule has 1 fully saturated rings. The molecule has 3 heterocycles. The van der Waals surface area contributed by atoms with Crippen LogP contribution in [0.3, 0.4) is 0 Å². The molecule has 0 radical (unpaired) electrons. The van der Waals surface area contributed by atoms with Crippen molar-refractivity contribution in [2.45, 2.75) is 52.8 Å². The molecule has 0 N–H and O–H groups in total. The van der Waals surface area contributed by atoms with Crippen molar-refractivity contribution < 1.29 is 4.79 Å². The van der Waals surface area contributed by atoms with Gasteiger partial charge in [0.25, 0.3) is 0 Å². The molecule has 35 heavy (non-hydrogen) atoms. The Hall–Kier alpha value is -2.15. The number of Topliss-reactive ketones (excluding diaryl/α,β-unsaturated/α-hetero) is 1. The molecule has 0 saturated carbocycles. The summed E-state index contributed by atoms with van der Waals surface area (Å²) in [5.41, 5.74) is 3.31. The number of thioether (sulfide) groups is 1. The highest BCUT2D eigenvalue weighted by Gasteiger charge is 2.23. The highest BCUT2D eigenvalue weighted by molar-refractivity contribution is 8.04. The van der Waals surface area contributed by atoms with Gasteiger partial charge in [0.1, 0.15) is 0 Å². The molecule has 1 aliphatic rings. The van der Waals surface area contributed by atoms with E-state index in [-0.39, 0.29) is 5.78 Å². The highest BCUT2D eigenvalue weighted by Crippen LogP contribution is 2.30. The maximum absolute atomic E-state index is 12.6. The third kappa shape index (κ3) is 8.19. The van der Waals surface area contributed by atoms with Gasteiger partial charge in [-0.2, -0.15) is 0 Å². The van der Waals surface area contributed by atoms with Gasteiger partial charge in [0, 0.05) is 49.0 Å². The Kier molecular flexibility index (Phi) is 10.4. The number of aromatic nitrogens is 1. The summed E-state index contributed by atoms with van der Waals surface area (Å²) in [6.07, 6.45) is 7.18. The van der Waals surface area contributed by atoms with Gasteiger partial charge >= 0.3 is 0 Å². The van der Waals surface area contributed by atoms with E-state index >= 15 is 0 Å². The first-order chi connectivity index (χ1) is 16.7. The van der Waals surface area contributed by atoms with E-state index < -0.39 is 0 Å². The monoisotopic (exact) mass is 509 g/mol. The minimum absolute atomic E-state index is 0.152. The Balaban J connectivity index is 1.69. The average molecular weight is 510 g/mol. The smallest absolute Gasteiger partial charge is 0.168 e. The van der Waals surface area contributed by atoms with E-state index in [4.69, 9.17) is 0 Å². The lowest BCUT2D eigenvalue weighted by atomic mass is 10.0. The van der Waals surface area contributed by atoms with E-state index in [0.717, 1.165) is 55.4 Å². The third-order valence-electron chi connectivity index (χ3n) is 6.18. The summed E-state index contributed by atoms with van der Waals surface area (Å²) in [7, 11) is 0. The number of allylic oxidation sites excluding steroid dienone is 4. The van der Waals surface area contributed by atoms with Crippen LogP contribution < -0.4 is 0 Å². The number of thiophene rings is 1. The number of hydrogen-bond donors (Lipinski definition) is 0. The Labute approximate surface area is 219 Å². The number of hydrogen-bond acceptors (Lipinski definition) is 6. The number of carbonyl (C=O) groups excluding carboxylic acids is 1. The zero-order chi connectivity index (χ0) is 25.4. The quantitative estimate of drug-likeness (QED) is 0.185. The molecular formula is C29H39N3OS2. The first kappa shape index (κ1) is 27.4. The fraction of sp³-hybridized carbons (Fsp3) is 0.448. The van der Waals surface area contributed by atoms with Gasteiger partial charge in [0.2, 0.25) is 0 Å². The highest BCUT2D eigenvalue weighted by atomic mass is 32.2. The number of pyridine rings is 1. The van der Waals surface area contributed by atoms with Crippen molar-refractivity contribution in [3.8, 4) is 10.6 Å². The third-order valence-corrected chi connectivity index (χ3v) is 8.48. The summed E-state index contributed by atoms with van der Waals surface area (Å²) >= 11 is 3.51. The topological polar surface area (TPSA) is 36.4 Å². The number of piperazine rings is 1. The lowest BCUT2D eigenvalue weighted by Gasteiger charge is -2.37. The summed E-state index contributed by atoms with van der Waals surface area (Å²) < 4.78 is 0. The van der Waals surface area contributed by atoms with Crippen molar-refractivity contribution in [1.82, 2.24) is 14.8 Å². The fourth-order valence-electron chi connectivity index (χ4n) is 3.95. The van der Waals surface area contributed by atoms with Gasteiger partial charge in [-0.25, -0.2) is 0 Å². The molecule has 2 aromatic heterocycles. The minimum Gasteiger partial charge on any atom is -0.368 e. The molecule has 0 aliphatic carbocycles. The second kappa shape index (κ2) is 13.2. The standard InChI is InChI=1S/C29H39N3OS2/c1-21(2)23(5)10-9-12-27(29(24(6)33)34-22(3)4)32-18-16-31(17-19-32)20-25-13-14-28(35-25)26-11-7-8-15-30-26/h7-9,11-15,22-23H,1,10,16-20H2,2-6H3/b12-9+,29-27-. The number of ketones is 1. The van der Waals surface area contributed by atoms with Crippen LogP contribution in [0.15, 0.2) is 71.4 Å². The molecule has 188 valence electrons. The largest absolute Gasteiger partial charge is 0.368 e. The lowest BCUT2D eigenvalue weighted by Crippen LogP contribution is -2.45. The van der Waals surface area contributed by atoms with Crippen LogP contribution in [0.4, 0.5) is 0 Å². The first-order valence-corrected chi connectivity index (χ1v) is 14.2. The molecule has 0 aromatic carbocycles. The van der Waals surface area contributed by atoms with Crippen molar-refractivity contribution >= 4 is 28.9 Å². The van der Waals surface area contributed by atoms with Gasteiger partial charge in [-0.05, 0) is 56.5 Å². The van der Waals surface area contributed by atoms with Crippen molar-refractivity contribution in [2.75, 3.05) is 26.2 Å². The Morgan fingerprint density at radius 3 is 2.49 bits per heavy atom. The SMILES string of the molecule is C=C(C)C(C)C/C=C/C(=C(/SC(C)C)C(C)=O)N1CCN(Cc2ccc(-c3ccccn3)s2)CC1. The molecule has 0 bridgehead atoms. The van der Waals surface area contributed by atoms with Crippen LogP contribution in [0, 0.1) is 5.92 Å². The maximum atomic E-state index is 12.6. The van der Waals surface area contributed by atoms with Crippen LogP contribution in [0.5, 0.6) is 0 Å². The van der Waals surface area contributed by atoms with E-state index in [9.17, 15) is 4.79 Å². The predicted octanol–water partition coefficient (Wildman–Crippen LogP) is 7.03. The van der Waals surface area contributed by atoms with Crippen molar-refractivity contribution in [1.29, 1.82) is 0 Å². The van der Waals surface area contributed by atoms with Crippen molar-refractivity contribution in [2.24, 2.45) is 5.92 Å². The van der Waals surface area contributed by atoms with E-state index in [2.05, 4.69) is 79.4 Å². The molecule has 0 amide bonds. The van der Waals surface area contributed by atoms with Gasteiger partial charge in [-0.15, -0.1) is 23.1 Å². The van der Waals surface area contributed by atoms with Gasteiger partial charge in [-0.3, -0.25) is 14.7 Å². The minimum atomic E-state index is 0.152. The summed E-state index contributed by atoms with van der Waals surface area (Å²) in [6, 6.07) is 10.5. The van der Waals surface area contributed by atoms with E-state index in [0.29, 0.717) is 11.2 Å². The second-order valence-electron chi connectivity index (χ2n) is 9.57. The Morgan fingerprint density at radius 2 is 1.89 bits per heavy atom. The summed E-state index contributed by atoms with van der Waals surface area (Å²) in [6.45, 7) is 19.1. The second-order valence-corrected chi connectivity index (χ2v) is 12.3. The van der Waals surface area contributed by atoms with Gasteiger partial charge in [0.05, 0.1) is 21.2 Å². The van der Waals surface area contributed by atoms with Crippen LogP contribution >= 0.6 is 23.1 Å². The molecule has 1 aliphatic heterocycles. The maximum Gasteiger partial charge on any atom is 0.168 e. The molecule has 3 rings (SSSR count). The average Bonchev–Trinajstić information content (AvgIpc) is 3.30. The molecule has 2 aromatic rings. The lowest BCUT2D eigenvalue weighted by molar-refractivity contribution is -0.113. The van der Waals surface area contributed by atoms with Crippen LogP contribution in [-0.2, 0) is 11.3 Å². The van der Waals surface area contributed by atoms with Crippen LogP contribution in [-0.4, -0.2) is 52.0 Å². The van der Waals surface area contributed by atoms with Crippen LogP contribution in [0.1, 0.15) is 45.9 Å². The van der Waals surface area contributed by atoms with Gasteiger partial charge in [-0.1, -0.05) is 45.1 Å². The summed E-state index contributed by atoms with van der Waals surface area (Å²) in [5.74, 6) is 0.587. The van der Waals surface area contributed by atoms with Crippen molar-refractivity contribution in [3.63, 3.8) is 0 Å². The molecular weight excluding hydrogens is 470 g/mol. The molecule has 6 heteroatoms. The first-order valence-electron chi connectivity index (χ1n) is 12.5. The summed E-state index contributed by atoms with van der Waals surface area (Å²) in [5, 5.41) is 0.361. The zero-order valence-electron chi connectivity index (χ0n) is 21.8.